The Morgan fingerprint density at radius 3 is 2.93 bits per heavy atom. The molecule has 0 spiro atoms. The summed E-state index contributed by atoms with van der Waals surface area (Å²) in [5.41, 5.74) is 3.31. The topological polar surface area (TPSA) is 47.3 Å². The molecule has 3 N–H and O–H groups in total. The highest BCUT2D eigenvalue weighted by Gasteiger charge is 2.14. The van der Waals surface area contributed by atoms with E-state index < -0.39 is 0 Å². The van der Waals surface area contributed by atoms with Crippen LogP contribution in [0.2, 0.25) is 0 Å². The third kappa shape index (κ3) is 2.51. The average Bonchev–Trinajstić information content (AvgIpc) is 2.19. The van der Waals surface area contributed by atoms with Crippen LogP contribution < -0.4 is 11.3 Å². The van der Waals surface area contributed by atoms with E-state index in [1.165, 1.54) is 6.07 Å². The molecule has 0 bridgehead atoms. The van der Waals surface area contributed by atoms with E-state index in [2.05, 4.69) is 21.4 Å². The van der Waals surface area contributed by atoms with Gasteiger partial charge in [-0.25, -0.2) is 4.39 Å². The predicted molar refractivity (Wildman–Crippen MR) is 56.0 cm³/mol. The van der Waals surface area contributed by atoms with Crippen LogP contribution in [0.3, 0.4) is 0 Å². The lowest BCUT2D eigenvalue weighted by Gasteiger charge is -2.16. The van der Waals surface area contributed by atoms with Crippen molar-refractivity contribution in [2.24, 2.45) is 5.84 Å². The van der Waals surface area contributed by atoms with Crippen molar-refractivity contribution >= 4 is 15.9 Å². The molecule has 0 aliphatic heterocycles. The summed E-state index contributed by atoms with van der Waals surface area (Å²) in [4.78, 5) is 0. The van der Waals surface area contributed by atoms with Gasteiger partial charge in [0.05, 0.1) is 17.1 Å². The van der Waals surface area contributed by atoms with E-state index in [-0.39, 0.29) is 11.9 Å². The van der Waals surface area contributed by atoms with Gasteiger partial charge in [0.15, 0.2) is 0 Å². The fraction of sp³-hybridized carbons (Fsp3) is 0.333. The fourth-order valence-electron chi connectivity index (χ4n) is 1.18. The molecule has 78 valence electrons. The zero-order valence-corrected chi connectivity index (χ0v) is 9.34. The van der Waals surface area contributed by atoms with Crippen molar-refractivity contribution in [2.75, 3.05) is 13.7 Å². The third-order valence-electron chi connectivity index (χ3n) is 1.89. The molecule has 1 aromatic carbocycles. The minimum atomic E-state index is -0.307. The van der Waals surface area contributed by atoms with Crippen molar-refractivity contribution in [1.29, 1.82) is 0 Å². The zero-order valence-electron chi connectivity index (χ0n) is 7.76. The summed E-state index contributed by atoms with van der Waals surface area (Å²) < 4.78 is 18.5. The van der Waals surface area contributed by atoms with Crippen LogP contribution in [0.5, 0.6) is 0 Å². The van der Waals surface area contributed by atoms with Crippen molar-refractivity contribution in [1.82, 2.24) is 5.43 Å². The summed E-state index contributed by atoms with van der Waals surface area (Å²) in [7, 11) is 1.57. The first-order chi connectivity index (χ1) is 6.70. The maximum atomic E-state index is 13.2. The van der Waals surface area contributed by atoms with Crippen LogP contribution in [0.15, 0.2) is 22.7 Å². The first-order valence-electron chi connectivity index (χ1n) is 4.09. The van der Waals surface area contributed by atoms with Crippen molar-refractivity contribution in [3.63, 3.8) is 0 Å². The summed E-state index contributed by atoms with van der Waals surface area (Å²) in [6.45, 7) is 0.387. The summed E-state index contributed by atoms with van der Waals surface area (Å²) in [5.74, 6) is 5.03. The van der Waals surface area contributed by atoms with E-state index in [4.69, 9.17) is 10.6 Å². The van der Waals surface area contributed by atoms with Gasteiger partial charge >= 0.3 is 0 Å². The maximum Gasteiger partial charge on any atom is 0.137 e. The minimum absolute atomic E-state index is 0.218. The zero-order chi connectivity index (χ0) is 10.6. The van der Waals surface area contributed by atoms with Gasteiger partial charge < -0.3 is 4.74 Å². The number of hydrogen-bond acceptors (Lipinski definition) is 3. The van der Waals surface area contributed by atoms with Gasteiger partial charge in [0.2, 0.25) is 0 Å². The number of methoxy groups -OCH3 is 1. The Bertz CT molecular complexity index is 309. The highest BCUT2D eigenvalue weighted by atomic mass is 79.9. The number of benzene rings is 1. The molecular formula is C9H12BrFN2O. The van der Waals surface area contributed by atoms with Gasteiger partial charge in [-0.05, 0) is 27.6 Å². The van der Waals surface area contributed by atoms with Crippen LogP contribution >= 0.6 is 15.9 Å². The van der Waals surface area contributed by atoms with Crippen LogP contribution in [0.25, 0.3) is 0 Å². The van der Waals surface area contributed by atoms with Crippen molar-refractivity contribution in [3.05, 3.63) is 34.1 Å². The number of halogens is 2. The summed E-state index contributed by atoms with van der Waals surface area (Å²) in [5, 5.41) is 0. The lowest BCUT2D eigenvalue weighted by molar-refractivity contribution is 0.167. The number of rotatable bonds is 4. The first kappa shape index (κ1) is 11.6. The Morgan fingerprint density at radius 1 is 1.64 bits per heavy atom. The Hall–Kier alpha value is -0.490. The van der Waals surface area contributed by atoms with Gasteiger partial charge in [-0.2, -0.15) is 0 Å². The van der Waals surface area contributed by atoms with Crippen molar-refractivity contribution < 1.29 is 9.13 Å². The molecule has 0 saturated heterocycles. The van der Waals surface area contributed by atoms with Crippen molar-refractivity contribution in [3.8, 4) is 0 Å². The summed E-state index contributed by atoms with van der Waals surface area (Å²) >= 11 is 3.17. The fourth-order valence-corrected chi connectivity index (χ4v) is 1.72. The van der Waals surface area contributed by atoms with Gasteiger partial charge in [-0.15, -0.1) is 0 Å². The Morgan fingerprint density at radius 2 is 2.36 bits per heavy atom. The highest BCUT2D eigenvalue weighted by molar-refractivity contribution is 9.10. The molecule has 0 aromatic heterocycles. The molecular weight excluding hydrogens is 251 g/mol. The van der Waals surface area contributed by atoms with Gasteiger partial charge in [-0.1, -0.05) is 12.1 Å². The Kier molecular flexibility index (Phi) is 4.47. The predicted octanol–water partition coefficient (Wildman–Crippen LogP) is 1.74. The van der Waals surface area contributed by atoms with E-state index in [1.807, 2.05) is 0 Å². The highest BCUT2D eigenvalue weighted by Crippen LogP contribution is 2.25. The lowest BCUT2D eigenvalue weighted by atomic mass is 10.1. The van der Waals surface area contributed by atoms with E-state index in [0.29, 0.717) is 11.1 Å². The summed E-state index contributed by atoms with van der Waals surface area (Å²) in [6.07, 6.45) is 0. The van der Waals surface area contributed by atoms with Crippen LogP contribution in [-0.2, 0) is 4.74 Å². The second-order valence-corrected chi connectivity index (χ2v) is 3.61. The average molecular weight is 263 g/mol. The standard InChI is InChI=1S/C9H12BrFN2O/c1-14-5-8(13-12)6-3-2-4-7(11)9(6)10/h2-4,8,13H,5,12H2,1H3. The largest absolute Gasteiger partial charge is 0.383 e. The maximum absolute atomic E-state index is 13.2. The molecule has 0 heterocycles. The first-order valence-corrected chi connectivity index (χ1v) is 4.89. The van der Waals surface area contributed by atoms with Gasteiger partial charge in [0, 0.05) is 7.11 Å². The number of nitrogens with one attached hydrogen (secondary N) is 1. The molecule has 14 heavy (non-hydrogen) atoms. The normalized spacial score (nSPS) is 12.9. The van der Waals surface area contributed by atoms with Crippen LogP contribution in [0, 0.1) is 5.82 Å². The second-order valence-electron chi connectivity index (χ2n) is 2.82. The van der Waals surface area contributed by atoms with E-state index in [1.54, 1.807) is 19.2 Å². The molecule has 5 heteroatoms. The molecule has 0 amide bonds. The van der Waals surface area contributed by atoms with E-state index >= 15 is 0 Å². The lowest BCUT2D eigenvalue weighted by Crippen LogP contribution is -2.31. The molecule has 0 saturated carbocycles. The molecule has 0 radical (unpaired) electrons. The van der Waals surface area contributed by atoms with E-state index in [9.17, 15) is 4.39 Å². The molecule has 1 rings (SSSR count). The van der Waals surface area contributed by atoms with Crippen LogP contribution in [0.1, 0.15) is 11.6 Å². The molecule has 0 aliphatic carbocycles. The number of hydrogen-bond donors (Lipinski definition) is 2. The molecule has 1 atom stereocenters. The van der Waals surface area contributed by atoms with Crippen molar-refractivity contribution in [2.45, 2.75) is 6.04 Å². The van der Waals surface area contributed by atoms with Gasteiger partial charge in [0.25, 0.3) is 0 Å². The molecule has 1 unspecified atom stereocenters. The number of nitrogens with two attached hydrogens (primary N) is 1. The van der Waals surface area contributed by atoms with E-state index in [0.717, 1.165) is 5.56 Å². The molecule has 0 aliphatic rings. The molecule has 3 nitrogen and oxygen atoms in total. The minimum Gasteiger partial charge on any atom is -0.383 e. The number of hydrazine groups is 1. The van der Waals surface area contributed by atoms with Gasteiger partial charge in [-0.3, -0.25) is 11.3 Å². The Balaban J connectivity index is 2.97. The van der Waals surface area contributed by atoms with Crippen LogP contribution in [-0.4, -0.2) is 13.7 Å². The second kappa shape index (κ2) is 5.41. The smallest absolute Gasteiger partial charge is 0.137 e. The summed E-state index contributed by atoms with van der Waals surface area (Å²) in [6, 6.07) is 4.59. The van der Waals surface area contributed by atoms with Crippen LogP contribution in [0.4, 0.5) is 4.39 Å². The number of ether oxygens (including phenoxy) is 1. The molecule has 1 aromatic rings. The quantitative estimate of drug-likeness (QED) is 0.642. The third-order valence-corrected chi connectivity index (χ3v) is 2.73. The molecule has 0 fully saturated rings. The SMILES string of the molecule is COCC(NN)c1cccc(F)c1Br. The van der Waals surface area contributed by atoms with Gasteiger partial charge in [0.1, 0.15) is 5.82 Å². The monoisotopic (exact) mass is 262 g/mol. The Labute approximate surface area is 90.5 Å².